The molecule has 0 spiro atoms. The number of rotatable bonds is 8. The number of ether oxygens (including phenoxy) is 1. The summed E-state index contributed by atoms with van der Waals surface area (Å²) in [6, 6.07) is 0.195. The molecule has 130 valence electrons. The molecule has 0 saturated carbocycles. The molecule has 2 atom stereocenters. The molecule has 2 rings (SSSR count). The Hall–Kier alpha value is -1.40. The van der Waals surface area contributed by atoms with Crippen LogP contribution in [0.5, 0.6) is 0 Å². The van der Waals surface area contributed by atoms with E-state index >= 15 is 0 Å². The quantitative estimate of drug-likeness (QED) is 0.736. The number of carbonyl (C=O) groups excluding carboxylic acids is 1. The minimum Gasteiger partial charge on any atom is -0.372 e. The molecule has 0 aromatic carbocycles. The lowest BCUT2D eigenvalue weighted by Crippen LogP contribution is -2.43. The zero-order valence-corrected chi connectivity index (χ0v) is 14.8. The molecule has 1 N–H and O–H groups in total. The van der Waals surface area contributed by atoms with E-state index in [0.29, 0.717) is 18.4 Å². The van der Waals surface area contributed by atoms with Gasteiger partial charge in [0.25, 0.3) is 0 Å². The molecule has 1 aromatic heterocycles. The van der Waals surface area contributed by atoms with Crippen molar-refractivity contribution in [2.24, 2.45) is 18.9 Å². The van der Waals surface area contributed by atoms with Crippen LogP contribution >= 0.6 is 0 Å². The highest BCUT2D eigenvalue weighted by atomic mass is 16.5. The Labute approximate surface area is 139 Å². The number of nitrogens with one attached hydrogen (secondary N) is 1. The standard InChI is InChI=1S/C17H30N4O2/c1-5-6-23-11-17(22)19-16-10-21(9-15(16)13(2)3)8-14-7-18-12-20(14)4/h7,12-13,15-16H,5-6,8-11H2,1-4H3,(H,19,22)/t15-,16+/m1/s1. The highest BCUT2D eigenvalue weighted by Gasteiger charge is 2.35. The van der Waals surface area contributed by atoms with Crippen molar-refractivity contribution in [2.75, 3.05) is 26.3 Å². The van der Waals surface area contributed by atoms with E-state index in [2.05, 4.69) is 33.6 Å². The number of likely N-dealkylation sites (tertiary alicyclic amines) is 1. The molecule has 1 aliphatic heterocycles. The highest BCUT2D eigenvalue weighted by molar-refractivity contribution is 5.77. The van der Waals surface area contributed by atoms with Crippen LogP contribution in [0.2, 0.25) is 0 Å². The van der Waals surface area contributed by atoms with E-state index in [9.17, 15) is 4.79 Å². The average Bonchev–Trinajstić information content (AvgIpc) is 3.07. The number of aryl methyl sites for hydroxylation is 1. The van der Waals surface area contributed by atoms with Gasteiger partial charge in [0, 0.05) is 45.5 Å². The van der Waals surface area contributed by atoms with E-state index < -0.39 is 0 Å². The monoisotopic (exact) mass is 322 g/mol. The predicted molar refractivity (Wildman–Crippen MR) is 89.9 cm³/mol. The SMILES string of the molecule is CCCOCC(=O)N[C@H]1CN(Cc2cncn2C)C[C@@H]1C(C)C. The highest BCUT2D eigenvalue weighted by Crippen LogP contribution is 2.25. The molecule has 0 aliphatic carbocycles. The first-order valence-electron chi connectivity index (χ1n) is 8.56. The Morgan fingerprint density at radius 2 is 2.26 bits per heavy atom. The van der Waals surface area contributed by atoms with Gasteiger partial charge in [-0.3, -0.25) is 9.69 Å². The molecule has 1 aromatic rings. The van der Waals surface area contributed by atoms with Gasteiger partial charge in [0.2, 0.25) is 5.91 Å². The molecule has 1 saturated heterocycles. The van der Waals surface area contributed by atoms with Crippen molar-refractivity contribution in [3.05, 3.63) is 18.2 Å². The van der Waals surface area contributed by atoms with Crippen molar-refractivity contribution >= 4 is 5.91 Å². The molecule has 1 amide bonds. The van der Waals surface area contributed by atoms with E-state index in [1.54, 1.807) is 0 Å². The average molecular weight is 322 g/mol. The molecule has 0 bridgehead atoms. The fraction of sp³-hybridized carbons (Fsp3) is 0.765. The van der Waals surface area contributed by atoms with Crippen LogP contribution in [0.1, 0.15) is 32.9 Å². The second-order valence-corrected chi connectivity index (χ2v) is 6.82. The molecule has 2 heterocycles. The predicted octanol–water partition coefficient (Wildman–Crippen LogP) is 1.42. The number of nitrogens with zero attached hydrogens (tertiary/aromatic N) is 3. The fourth-order valence-electron chi connectivity index (χ4n) is 3.19. The van der Waals surface area contributed by atoms with Crippen LogP contribution in [-0.4, -0.2) is 52.7 Å². The molecule has 6 nitrogen and oxygen atoms in total. The van der Waals surface area contributed by atoms with Gasteiger partial charge in [-0.15, -0.1) is 0 Å². The third-order valence-electron chi connectivity index (χ3n) is 4.53. The van der Waals surface area contributed by atoms with Crippen LogP contribution in [0.3, 0.4) is 0 Å². The van der Waals surface area contributed by atoms with Gasteiger partial charge in [-0.05, 0) is 18.3 Å². The molecule has 1 fully saturated rings. The van der Waals surface area contributed by atoms with Crippen molar-refractivity contribution in [1.82, 2.24) is 19.8 Å². The van der Waals surface area contributed by atoms with E-state index in [0.717, 1.165) is 26.1 Å². The summed E-state index contributed by atoms with van der Waals surface area (Å²) in [6.45, 7) is 10.1. The summed E-state index contributed by atoms with van der Waals surface area (Å²) >= 11 is 0. The molecule has 23 heavy (non-hydrogen) atoms. The van der Waals surface area contributed by atoms with Crippen molar-refractivity contribution < 1.29 is 9.53 Å². The van der Waals surface area contributed by atoms with E-state index in [-0.39, 0.29) is 18.6 Å². The van der Waals surface area contributed by atoms with E-state index in [4.69, 9.17) is 4.74 Å². The third-order valence-corrected chi connectivity index (χ3v) is 4.53. The van der Waals surface area contributed by atoms with Crippen molar-refractivity contribution in [3.63, 3.8) is 0 Å². The number of imidazole rings is 1. The first-order valence-corrected chi connectivity index (χ1v) is 8.56. The van der Waals surface area contributed by atoms with Crippen LogP contribution in [0.15, 0.2) is 12.5 Å². The molecule has 0 unspecified atom stereocenters. The van der Waals surface area contributed by atoms with Crippen LogP contribution < -0.4 is 5.32 Å². The molecule has 1 aliphatic rings. The Balaban J connectivity index is 1.90. The normalized spacial score (nSPS) is 22.0. The molecule has 0 radical (unpaired) electrons. The van der Waals surface area contributed by atoms with Gasteiger partial charge < -0.3 is 14.6 Å². The van der Waals surface area contributed by atoms with Gasteiger partial charge in [-0.25, -0.2) is 4.98 Å². The first kappa shape index (κ1) is 17.9. The van der Waals surface area contributed by atoms with Crippen molar-refractivity contribution in [2.45, 2.75) is 39.8 Å². The van der Waals surface area contributed by atoms with Gasteiger partial charge in [0.15, 0.2) is 0 Å². The van der Waals surface area contributed by atoms with E-state index in [1.165, 1.54) is 5.69 Å². The summed E-state index contributed by atoms with van der Waals surface area (Å²) < 4.78 is 7.39. The van der Waals surface area contributed by atoms with E-state index in [1.807, 2.05) is 26.5 Å². The second kappa shape index (κ2) is 8.45. The lowest BCUT2D eigenvalue weighted by Gasteiger charge is -2.22. The van der Waals surface area contributed by atoms with Crippen molar-refractivity contribution in [1.29, 1.82) is 0 Å². The number of aromatic nitrogens is 2. The smallest absolute Gasteiger partial charge is 0.246 e. The Morgan fingerprint density at radius 1 is 1.48 bits per heavy atom. The molecular weight excluding hydrogens is 292 g/mol. The van der Waals surface area contributed by atoms with Crippen LogP contribution in [0, 0.1) is 11.8 Å². The number of carbonyl (C=O) groups is 1. The number of hydrogen-bond acceptors (Lipinski definition) is 4. The van der Waals surface area contributed by atoms with Gasteiger partial charge in [-0.2, -0.15) is 0 Å². The van der Waals surface area contributed by atoms with Crippen LogP contribution in [0.25, 0.3) is 0 Å². The topological polar surface area (TPSA) is 59.4 Å². The van der Waals surface area contributed by atoms with Gasteiger partial charge in [0.1, 0.15) is 6.61 Å². The summed E-state index contributed by atoms with van der Waals surface area (Å²) in [5.74, 6) is 1.00. The van der Waals surface area contributed by atoms with Gasteiger partial charge in [-0.1, -0.05) is 20.8 Å². The van der Waals surface area contributed by atoms with Gasteiger partial charge >= 0.3 is 0 Å². The minimum absolute atomic E-state index is 0.00326. The largest absolute Gasteiger partial charge is 0.372 e. The maximum atomic E-state index is 12.1. The Morgan fingerprint density at radius 3 is 2.87 bits per heavy atom. The Bertz CT molecular complexity index is 501. The first-order chi connectivity index (χ1) is 11.0. The molecular formula is C17H30N4O2. The zero-order valence-electron chi connectivity index (χ0n) is 14.8. The lowest BCUT2D eigenvalue weighted by molar-refractivity contribution is -0.126. The summed E-state index contributed by atoms with van der Waals surface area (Å²) in [6.07, 6.45) is 4.67. The minimum atomic E-state index is -0.00326. The fourth-order valence-corrected chi connectivity index (χ4v) is 3.19. The summed E-state index contributed by atoms with van der Waals surface area (Å²) in [5.41, 5.74) is 1.20. The number of hydrogen-bond donors (Lipinski definition) is 1. The van der Waals surface area contributed by atoms with Gasteiger partial charge in [0.05, 0.1) is 12.0 Å². The maximum Gasteiger partial charge on any atom is 0.246 e. The second-order valence-electron chi connectivity index (χ2n) is 6.82. The van der Waals surface area contributed by atoms with Crippen LogP contribution in [0.4, 0.5) is 0 Å². The van der Waals surface area contributed by atoms with Crippen LogP contribution in [-0.2, 0) is 23.1 Å². The Kier molecular flexibility index (Phi) is 6.59. The summed E-state index contributed by atoms with van der Waals surface area (Å²) in [7, 11) is 2.02. The summed E-state index contributed by atoms with van der Waals surface area (Å²) in [5, 5.41) is 3.17. The maximum absolute atomic E-state index is 12.1. The summed E-state index contributed by atoms with van der Waals surface area (Å²) in [4.78, 5) is 18.6. The van der Waals surface area contributed by atoms with Crippen molar-refractivity contribution in [3.8, 4) is 0 Å². The number of amides is 1. The third kappa shape index (κ3) is 5.04. The lowest BCUT2D eigenvalue weighted by atomic mass is 9.91. The molecule has 6 heteroatoms. The zero-order chi connectivity index (χ0) is 16.8.